The van der Waals surface area contributed by atoms with Crippen LogP contribution in [0.1, 0.15) is 25.0 Å². The number of hydrogen-bond acceptors (Lipinski definition) is 2. The van der Waals surface area contributed by atoms with E-state index in [0.717, 1.165) is 0 Å². The topological polar surface area (TPSA) is 29.5 Å². The maximum absolute atomic E-state index is 9.01. The number of hydrogen-bond donors (Lipinski definition) is 1. The van der Waals surface area contributed by atoms with Gasteiger partial charge in [-0.05, 0) is 45.2 Å². The maximum Gasteiger partial charge on any atom is 0.504 e. The molecule has 108 valence electrons. The zero-order valence-electron chi connectivity index (χ0n) is 12.8. The zero-order valence-corrected chi connectivity index (χ0v) is 12.8. The van der Waals surface area contributed by atoms with Crippen LogP contribution in [0.2, 0.25) is 0 Å². The van der Waals surface area contributed by atoms with Crippen molar-refractivity contribution in [3.05, 3.63) is 65.7 Å². The first-order chi connectivity index (χ1) is 10.6. The van der Waals surface area contributed by atoms with E-state index in [9.17, 15) is 0 Å². The highest BCUT2D eigenvalue weighted by Gasteiger charge is 2.33. The lowest BCUT2D eigenvalue weighted by Crippen LogP contribution is -2.23. The fourth-order valence-electron chi connectivity index (χ4n) is 3.67. The molecule has 0 unspecified atom stereocenters. The molecule has 0 bridgehead atoms. The molecular formula is C19H17BO2. The average molecular weight is 288 g/mol. The largest absolute Gasteiger partial charge is 0.539 e. The summed E-state index contributed by atoms with van der Waals surface area (Å²) in [5.74, 6) is 0.709. The molecule has 0 heterocycles. The summed E-state index contributed by atoms with van der Waals surface area (Å²) in [7, 11) is -0.300. The highest BCUT2D eigenvalue weighted by molar-refractivity contribution is 6.17. The Hall–Kier alpha value is -2.26. The van der Waals surface area contributed by atoms with Crippen LogP contribution in [0, 0.1) is 0 Å². The van der Waals surface area contributed by atoms with Gasteiger partial charge in [-0.2, -0.15) is 0 Å². The first kappa shape index (κ1) is 13.4. The molecule has 3 aromatic rings. The Bertz CT molecular complexity index is 878. The van der Waals surface area contributed by atoms with E-state index in [-0.39, 0.29) is 13.1 Å². The van der Waals surface area contributed by atoms with E-state index in [0.29, 0.717) is 5.75 Å². The second kappa shape index (κ2) is 4.62. The van der Waals surface area contributed by atoms with Gasteiger partial charge in [0.15, 0.2) is 0 Å². The Kier molecular flexibility index (Phi) is 2.82. The Balaban J connectivity index is 2.10. The molecule has 3 heteroatoms. The number of rotatable bonds is 2. The molecule has 0 atom stereocenters. The van der Waals surface area contributed by atoms with E-state index in [4.69, 9.17) is 9.68 Å². The minimum Gasteiger partial charge on any atom is -0.539 e. The van der Waals surface area contributed by atoms with Crippen LogP contribution in [-0.4, -0.2) is 12.7 Å². The Morgan fingerprint density at radius 2 is 1.68 bits per heavy atom. The van der Waals surface area contributed by atoms with Crippen LogP contribution in [-0.2, 0) is 5.41 Å². The van der Waals surface area contributed by atoms with E-state index in [1.165, 1.54) is 33.0 Å². The molecule has 1 aliphatic rings. The lowest BCUT2D eigenvalue weighted by atomic mass is 9.68. The van der Waals surface area contributed by atoms with Gasteiger partial charge in [0.2, 0.25) is 0 Å². The van der Waals surface area contributed by atoms with Crippen LogP contribution in [0.5, 0.6) is 5.75 Å². The molecule has 0 radical (unpaired) electrons. The van der Waals surface area contributed by atoms with Crippen molar-refractivity contribution in [2.45, 2.75) is 19.3 Å². The first-order valence-corrected chi connectivity index (χ1v) is 7.54. The lowest BCUT2D eigenvalue weighted by molar-refractivity contribution is 0.452. The van der Waals surface area contributed by atoms with Gasteiger partial charge in [-0.3, -0.25) is 0 Å². The third-order valence-corrected chi connectivity index (χ3v) is 4.76. The van der Waals surface area contributed by atoms with Crippen molar-refractivity contribution in [3.8, 4) is 16.9 Å². The van der Waals surface area contributed by atoms with Crippen LogP contribution >= 0.6 is 0 Å². The van der Waals surface area contributed by atoms with Crippen molar-refractivity contribution in [3.63, 3.8) is 0 Å². The van der Waals surface area contributed by atoms with Crippen molar-refractivity contribution in [2.24, 2.45) is 0 Å². The third kappa shape index (κ3) is 1.72. The van der Waals surface area contributed by atoms with E-state index < -0.39 is 0 Å². The molecule has 0 spiro atoms. The quantitative estimate of drug-likeness (QED) is 0.727. The van der Waals surface area contributed by atoms with Crippen LogP contribution in [0.15, 0.2) is 54.6 Å². The van der Waals surface area contributed by atoms with Gasteiger partial charge in [0, 0.05) is 5.41 Å². The molecule has 1 N–H and O–H groups in total. The summed E-state index contributed by atoms with van der Waals surface area (Å²) >= 11 is 0. The summed E-state index contributed by atoms with van der Waals surface area (Å²) in [4.78, 5) is 0. The molecule has 0 aliphatic heterocycles. The second-order valence-corrected chi connectivity index (χ2v) is 6.32. The summed E-state index contributed by atoms with van der Waals surface area (Å²) in [6.07, 6.45) is 0. The van der Waals surface area contributed by atoms with E-state index in [2.05, 4.69) is 62.4 Å². The molecule has 0 saturated heterocycles. The van der Waals surface area contributed by atoms with Crippen molar-refractivity contribution in [1.29, 1.82) is 0 Å². The SMILES string of the molecule is CC1(C)c2cc(OBO)ccc2-c2cccc3cccc1c23. The molecule has 4 rings (SSSR count). The summed E-state index contributed by atoms with van der Waals surface area (Å²) in [5.41, 5.74) is 5.01. The molecule has 0 saturated carbocycles. The van der Waals surface area contributed by atoms with Gasteiger partial charge in [-0.25, -0.2) is 0 Å². The van der Waals surface area contributed by atoms with Crippen molar-refractivity contribution in [2.75, 3.05) is 0 Å². The van der Waals surface area contributed by atoms with Crippen molar-refractivity contribution < 1.29 is 9.68 Å². The summed E-state index contributed by atoms with van der Waals surface area (Å²) in [6, 6.07) is 19.1. The Morgan fingerprint density at radius 3 is 2.45 bits per heavy atom. The second-order valence-electron chi connectivity index (χ2n) is 6.32. The predicted molar refractivity (Wildman–Crippen MR) is 91.5 cm³/mol. The number of fused-ring (bicyclic) bond motifs is 2. The zero-order chi connectivity index (χ0) is 15.3. The van der Waals surface area contributed by atoms with E-state index in [1.54, 1.807) is 0 Å². The predicted octanol–water partition coefficient (Wildman–Crippen LogP) is 3.78. The third-order valence-electron chi connectivity index (χ3n) is 4.76. The lowest BCUT2D eigenvalue weighted by Gasteiger charge is -2.35. The fraction of sp³-hybridized carbons (Fsp3) is 0.158. The van der Waals surface area contributed by atoms with Crippen LogP contribution in [0.25, 0.3) is 21.9 Å². The molecule has 0 fully saturated rings. The maximum atomic E-state index is 9.01. The molecule has 2 nitrogen and oxygen atoms in total. The Morgan fingerprint density at radius 1 is 0.909 bits per heavy atom. The fourth-order valence-corrected chi connectivity index (χ4v) is 3.67. The van der Waals surface area contributed by atoms with Crippen LogP contribution in [0.3, 0.4) is 0 Å². The highest BCUT2D eigenvalue weighted by Crippen LogP contribution is 2.49. The van der Waals surface area contributed by atoms with Crippen LogP contribution in [0.4, 0.5) is 0 Å². The molecule has 0 aromatic heterocycles. The van der Waals surface area contributed by atoms with Gasteiger partial charge in [-0.1, -0.05) is 56.3 Å². The molecule has 1 aliphatic carbocycles. The minimum atomic E-state index is -0.300. The molecule has 3 aromatic carbocycles. The molecule has 22 heavy (non-hydrogen) atoms. The van der Waals surface area contributed by atoms with Gasteiger partial charge < -0.3 is 9.68 Å². The summed E-state index contributed by atoms with van der Waals surface area (Å²) in [5, 5.41) is 11.6. The van der Waals surface area contributed by atoms with Gasteiger partial charge >= 0.3 is 7.69 Å². The van der Waals surface area contributed by atoms with Gasteiger partial charge in [0.05, 0.1) is 0 Å². The monoisotopic (exact) mass is 288 g/mol. The van der Waals surface area contributed by atoms with Gasteiger partial charge in [-0.15, -0.1) is 0 Å². The number of benzene rings is 3. The highest BCUT2D eigenvalue weighted by atomic mass is 16.5. The Labute approximate surface area is 130 Å². The summed E-state index contributed by atoms with van der Waals surface area (Å²) < 4.78 is 5.28. The average Bonchev–Trinajstić information content (AvgIpc) is 2.53. The van der Waals surface area contributed by atoms with Gasteiger partial charge in [0.1, 0.15) is 5.75 Å². The van der Waals surface area contributed by atoms with Crippen LogP contribution < -0.4 is 4.65 Å². The van der Waals surface area contributed by atoms with Crippen molar-refractivity contribution in [1.82, 2.24) is 0 Å². The first-order valence-electron chi connectivity index (χ1n) is 7.54. The minimum absolute atomic E-state index is 0.0992. The standard InChI is InChI=1S/C19H17BO2/c1-19(2)16-8-4-6-12-5-3-7-15(18(12)16)14-10-9-13(22-20-21)11-17(14)19/h3-11,20-21H,1-2H3. The normalized spacial score (nSPS) is 14.5. The van der Waals surface area contributed by atoms with E-state index in [1.807, 2.05) is 6.07 Å². The van der Waals surface area contributed by atoms with E-state index >= 15 is 0 Å². The molecular weight excluding hydrogens is 271 g/mol. The summed E-state index contributed by atoms with van der Waals surface area (Å²) in [6.45, 7) is 4.50. The molecule has 0 amide bonds. The smallest absolute Gasteiger partial charge is 0.504 e. The van der Waals surface area contributed by atoms with Gasteiger partial charge in [0.25, 0.3) is 0 Å². The van der Waals surface area contributed by atoms with Crippen molar-refractivity contribution >= 4 is 18.5 Å².